The number of esters is 1. The number of rotatable bonds is 8. The minimum Gasteiger partial charge on any atom is -0.464 e. The predicted octanol–water partition coefficient (Wildman–Crippen LogP) is 5.24. The first-order chi connectivity index (χ1) is 16.2. The minimum atomic E-state index is -0.254. The number of nitrogens with one attached hydrogen (secondary N) is 1. The van der Waals surface area contributed by atoms with Crippen LogP contribution < -0.4 is 4.90 Å². The lowest BCUT2D eigenvalue weighted by Gasteiger charge is -2.36. The van der Waals surface area contributed by atoms with Crippen molar-refractivity contribution in [3.05, 3.63) is 66.1 Å². The van der Waals surface area contributed by atoms with Gasteiger partial charge in [-0.25, -0.2) is 4.79 Å². The molecule has 1 aliphatic rings. The van der Waals surface area contributed by atoms with E-state index in [4.69, 9.17) is 9.15 Å². The van der Waals surface area contributed by atoms with Crippen molar-refractivity contribution in [2.75, 3.05) is 44.2 Å². The maximum absolute atomic E-state index is 12.1. The van der Waals surface area contributed by atoms with Crippen LogP contribution in [0.3, 0.4) is 0 Å². The van der Waals surface area contributed by atoms with E-state index in [0.29, 0.717) is 12.2 Å². The van der Waals surface area contributed by atoms with Gasteiger partial charge < -0.3 is 19.0 Å². The zero-order valence-electron chi connectivity index (χ0n) is 19.2. The van der Waals surface area contributed by atoms with Crippen LogP contribution in [-0.2, 0) is 11.2 Å². The monoisotopic (exact) mass is 445 g/mol. The Labute approximate surface area is 194 Å². The van der Waals surface area contributed by atoms with Crippen LogP contribution in [0.1, 0.15) is 35.7 Å². The van der Waals surface area contributed by atoms with Crippen LogP contribution >= 0.6 is 0 Å². The largest absolute Gasteiger partial charge is 0.464 e. The third-order valence-corrected chi connectivity index (χ3v) is 6.62. The smallest absolute Gasteiger partial charge is 0.338 e. The lowest BCUT2D eigenvalue weighted by Crippen LogP contribution is -2.46. The molecule has 33 heavy (non-hydrogen) atoms. The van der Waals surface area contributed by atoms with Gasteiger partial charge in [0, 0.05) is 54.4 Å². The van der Waals surface area contributed by atoms with Gasteiger partial charge in [0.15, 0.2) is 0 Å². The van der Waals surface area contributed by atoms with Crippen LogP contribution in [0, 0.1) is 0 Å². The number of piperazine rings is 1. The van der Waals surface area contributed by atoms with Crippen LogP contribution in [0.25, 0.3) is 21.9 Å². The van der Waals surface area contributed by atoms with Gasteiger partial charge in [-0.05, 0) is 80.8 Å². The Morgan fingerprint density at radius 2 is 1.94 bits per heavy atom. The molecule has 0 spiro atoms. The number of carbonyl (C=O) groups is 1. The van der Waals surface area contributed by atoms with Crippen molar-refractivity contribution in [1.82, 2.24) is 9.88 Å². The summed E-state index contributed by atoms with van der Waals surface area (Å²) in [5, 5.41) is 2.30. The van der Waals surface area contributed by atoms with E-state index in [0.717, 1.165) is 62.1 Å². The van der Waals surface area contributed by atoms with Crippen LogP contribution in [0.2, 0.25) is 0 Å². The number of carbonyl (C=O) groups excluding carboxylic acids is 1. The molecule has 172 valence electrons. The van der Waals surface area contributed by atoms with E-state index in [1.807, 2.05) is 31.2 Å². The molecule has 0 aliphatic carbocycles. The molecule has 0 bridgehead atoms. The molecular formula is C27H31N3O3. The Balaban J connectivity index is 1.10. The highest BCUT2D eigenvalue weighted by Crippen LogP contribution is 2.25. The molecule has 6 nitrogen and oxygen atoms in total. The third kappa shape index (κ3) is 4.76. The molecule has 3 heterocycles. The fourth-order valence-corrected chi connectivity index (χ4v) is 4.76. The first-order valence-electron chi connectivity index (χ1n) is 11.9. The van der Waals surface area contributed by atoms with Crippen LogP contribution in [-0.4, -0.2) is 55.2 Å². The normalized spacial score (nSPS) is 14.9. The lowest BCUT2D eigenvalue weighted by molar-refractivity contribution is 0.0526. The SMILES string of the molecule is CCOC(=O)c1ccc2[nH]cc(CCCCN3CCN(c4ccc5occc5c4)CC3)c2c1. The molecule has 1 fully saturated rings. The summed E-state index contributed by atoms with van der Waals surface area (Å²) in [5.41, 5.74) is 5.20. The van der Waals surface area contributed by atoms with Gasteiger partial charge in [-0.3, -0.25) is 4.90 Å². The van der Waals surface area contributed by atoms with Gasteiger partial charge in [-0.1, -0.05) is 0 Å². The van der Waals surface area contributed by atoms with Gasteiger partial charge in [0.25, 0.3) is 0 Å². The summed E-state index contributed by atoms with van der Waals surface area (Å²) in [4.78, 5) is 20.4. The molecule has 5 rings (SSSR count). The Morgan fingerprint density at radius 3 is 2.79 bits per heavy atom. The van der Waals surface area contributed by atoms with Crippen molar-refractivity contribution < 1.29 is 13.9 Å². The molecule has 1 aliphatic heterocycles. The van der Waals surface area contributed by atoms with Gasteiger partial charge in [-0.2, -0.15) is 0 Å². The average Bonchev–Trinajstić information content (AvgIpc) is 3.48. The van der Waals surface area contributed by atoms with E-state index < -0.39 is 0 Å². The number of furan rings is 1. The first kappa shape index (κ1) is 21.6. The highest BCUT2D eigenvalue weighted by Gasteiger charge is 2.17. The second-order valence-electron chi connectivity index (χ2n) is 8.72. The predicted molar refractivity (Wildman–Crippen MR) is 132 cm³/mol. The fourth-order valence-electron chi connectivity index (χ4n) is 4.76. The number of hydrogen-bond acceptors (Lipinski definition) is 5. The molecule has 0 amide bonds. The summed E-state index contributed by atoms with van der Waals surface area (Å²) in [6, 6.07) is 14.2. The molecule has 0 unspecified atom stereocenters. The number of fused-ring (bicyclic) bond motifs is 2. The second-order valence-corrected chi connectivity index (χ2v) is 8.72. The van der Waals surface area contributed by atoms with Crippen molar-refractivity contribution in [1.29, 1.82) is 0 Å². The Morgan fingerprint density at radius 1 is 1.06 bits per heavy atom. The zero-order valence-corrected chi connectivity index (χ0v) is 19.2. The molecule has 0 radical (unpaired) electrons. The van der Waals surface area contributed by atoms with Gasteiger partial charge in [0.05, 0.1) is 18.4 Å². The summed E-state index contributed by atoms with van der Waals surface area (Å²) < 4.78 is 10.6. The number of ether oxygens (including phenoxy) is 1. The summed E-state index contributed by atoms with van der Waals surface area (Å²) in [6.07, 6.45) is 7.15. The fraction of sp³-hybridized carbons (Fsp3) is 0.370. The van der Waals surface area contributed by atoms with Crippen molar-refractivity contribution in [2.45, 2.75) is 26.2 Å². The first-order valence-corrected chi connectivity index (χ1v) is 11.9. The van der Waals surface area contributed by atoms with E-state index in [9.17, 15) is 4.79 Å². The topological polar surface area (TPSA) is 61.7 Å². The van der Waals surface area contributed by atoms with Crippen molar-refractivity contribution in [3.63, 3.8) is 0 Å². The van der Waals surface area contributed by atoms with Crippen molar-refractivity contribution in [3.8, 4) is 0 Å². The standard InChI is InChI=1S/C27H31N3O3/c1-2-32-27(31)21-6-8-25-24(18-21)22(19-28-25)5-3-4-11-29-12-14-30(15-13-29)23-7-9-26-20(17-23)10-16-33-26/h6-10,16-19,28H,2-5,11-15H2,1H3. The number of nitrogens with zero attached hydrogens (tertiary/aromatic N) is 2. The van der Waals surface area contributed by atoms with Gasteiger partial charge >= 0.3 is 5.97 Å². The van der Waals surface area contributed by atoms with E-state index in [1.165, 1.54) is 23.1 Å². The number of unbranched alkanes of at least 4 members (excludes halogenated alkanes) is 1. The van der Waals surface area contributed by atoms with Gasteiger partial charge in [-0.15, -0.1) is 0 Å². The molecule has 1 N–H and O–H groups in total. The Kier molecular flexibility index (Phi) is 6.35. The average molecular weight is 446 g/mol. The molecule has 4 aromatic rings. The zero-order chi connectivity index (χ0) is 22.6. The maximum Gasteiger partial charge on any atom is 0.338 e. The number of aromatic nitrogens is 1. The van der Waals surface area contributed by atoms with Crippen LogP contribution in [0.4, 0.5) is 5.69 Å². The van der Waals surface area contributed by atoms with Gasteiger partial charge in [0.1, 0.15) is 5.58 Å². The van der Waals surface area contributed by atoms with E-state index >= 15 is 0 Å². The molecule has 6 heteroatoms. The van der Waals surface area contributed by atoms with Crippen LogP contribution in [0.5, 0.6) is 0 Å². The number of aryl methyl sites for hydroxylation is 1. The van der Waals surface area contributed by atoms with E-state index in [1.54, 1.807) is 6.26 Å². The molecule has 0 saturated carbocycles. The molecule has 2 aromatic carbocycles. The van der Waals surface area contributed by atoms with Crippen molar-refractivity contribution in [2.24, 2.45) is 0 Å². The quantitative estimate of drug-likeness (QED) is 0.297. The third-order valence-electron chi connectivity index (χ3n) is 6.62. The lowest BCUT2D eigenvalue weighted by atomic mass is 10.0. The molecule has 2 aromatic heterocycles. The summed E-state index contributed by atoms with van der Waals surface area (Å²) >= 11 is 0. The minimum absolute atomic E-state index is 0.254. The summed E-state index contributed by atoms with van der Waals surface area (Å²) in [6.45, 7) is 7.66. The Hall–Kier alpha value is -3.25. The summed E-state index contributed by atoms with van der Waals surface area (Å²) in [7, 11) is 0. The highest BCUT2D eigenvalue weighted by atomic mass is 16.5. The van der Waals surface area contributed by atoms with E-state index in [-0.39, 0.29) is 5.97 Å². The number of hydrogen-bond donors (Lipinski definition) is 1. The number of H-pyrrole nitrogens is 1. The molecular weight excluding hydrogens is 414 g/mol. The Bertz CT molecular complexity index is 1230. The molecule has 1 saturated heterocycles. The van der Waals surface area contributed by atoms with Gasteiger partial charge in [0.2, 0.25) is 0 Å². The maximum atomic E-state index is 12.1. The van der Waals surface area contributed by atoms with Crippen LogP contribution in [0.15, 0.2) is 59.3 Å². The molecule has 0 atom stereocenters. The summed E-state index contributed by atoms with van der Waals surface area (Å²) in [5.74, 6) is -0.254. The van der Waals surface area contributed by atoms with Crippen molar-refractivity contribution >= 4 is 33.5 Å². The highest BCUT2D eigenvalue weighted by molar-refractivity contribution is 5.95. The number of benzene rings is 2. The van der Waals surface area contributed by atoms with E-state index in [2.05, 4.69) is 39.2 Å². The number of anilines is 1. The second kappa shape index (κ2) is 9.71. The number of aromatic amines is 1.